The van der Waals surface area contributed by atoms with E-state index in [-0.39, 0.29) is 6.10 Å². The Morgan fingerprint density at radius 1 is 1.20 bits per heavy atom. The van der Waals surface area contributed by atoms with Gasteiger partial charge in [0.05, 0.1) is 12.4 Å². The molecule has 1 aliphatic carbocycles. The molecule has 2 rings (SSSR count). The highest BCUT2D eigenvalue weighted by molar-refractivity contribution is 4.84. The molecule has 0 aromatic heterocycles. The quantitative estimate of drug-likeness (QED) is 0.744. The number of nitrogens with one attached hydrogen (secondary N) is 1. The SMILES string of the molecule is OC1CCC(NCC2CCC=CO2)CC1. The second-order valence-electron chi connectivity index (χ2n) is 4.62. The molecule has 86 valence electrons. The van der Waals surface area contributed by atoms with Gasteiger partial charge in [0.15, 0.2) is 0 Å². The average Bonchev–Trinajstić information content (AvgIpc) is 2.30. The monoisotopic (exact) mass is 211 g/mol. The topological polar surface area (TPSA) is 41.5 Å². The third-order valence-electron chi connectivity index (χ3n) is 3.35. The van der Waals surface area contributed by atoms with E-state index in [2.05, 4.69) is 11.4 Å². The van der Waals surface area contributed by atoms with Crippen LogP contribution in [0.25, 0.3) is 0 Å². The molecular formula is C12H21NO2. The predicted molar refractivity (Wildman–Crippen MR) is 59.5 cm³/mol. The Hall–Kier alpha value is -0.540. The molecular weight excluding hydrogens is 190 g/mol. The molecule has 1 saturated carbocycles. The Balaban J connectivity index is 1.63. The smallest absolute Gasteiger partial charge is 0.110 e. The standard InChI is InChI=1S/C12H21NO2/c14-11-6-4-10(5-7-11)13-9-12-3-1-2-8-15-12/h2,8,10-14H,1,3-7,9H2. The number of hydrogen-bond donors (Lipinski definition) is 2. The zero-order chi connectivity index (χ0) is 10.5. The zero-order valence-electron chi connectivity index (χ0n) is 9.19. The van der Waals surface area contributed by atoms with Crippen LogP contribution in [0, 0.1) is 0 Å². The molecule has 1 unspecified atom stereocenters. The van der Waals surface area contributed by atoms with Crippen LogP contribution < -0.4 is 5.32 Å². The minimum Gasteiger partial charge on any atom is -0.497 e. The van der Waals surface area contributed by atoms with Crippen LogP contribution in [0.2, 0.25) is 0 Å². The summed E-state index contributed by atoms with van der Waals surface area (Å²) < 4.78 is 5.50. The highest BCUT2D eigenvalue weighted by Gasteiger charge is 2.20. The van der Waals surface area contributed by atoms with Crippen molar-refractivity contribution in [3.05, 3.63) is 12.3 Å². The van der Waals surface area contributed by atoms with Crippen molar-refractivity contribution in [3.63, 3.8) is 0 Å². The normalized spacial score (nSPS) is 36.2. The van der Waals surface area contributed by atoms with Crippen molar-refractivity contribution in [1.29, 1.82) is 0 Å². The van der Waals surface area contributed by atoms with Crippen LogP contribution in [0.3, 0.4) is 0 Å². The first-order valence-electron chi connectivity index (χ1n) is 6.06. The molecule has 2 N–H and O–H groups in total. The molecule has 15 heavy (non-hydrogen) atoms. The summed E-state index contributed by atoms with van der Waals surface area (Å²) in [7, 11) is 0. The maximum Gasteiger partial charge on any atom is 0.110 e. The molecule has 2 aliphatic rings. The number of aliphatic hydroxyl groups is 1. The number of aliphatic hydroxyl groups excluding tert-OH is 1. The molecule has 0 aromatic rings. The van der Waals surface area contributed by atoms with E-state index in [1.807, 2.05) is 6.26 Å². The van der Waals surface area contributed by atoms with E-state index in [4.69, 9.17) is 4.74 Å². The first-order chi connectivity index (χ1) is 7.34. The molecule has 3 nitrogen and oxygen atoms in total. The van der Waals surface area contributed by atoms with E-state index in [1.165, 1.54) is 0 Å². The minimum absolute atomic E-state index is 0.0584. The number of allylic oxidation sites excluding steroid dienone is 1. The Morgan fingerprint density at radius 3 is 2.67 bits per heavy atom. The lowest BCUT2D eigenvalue weighted by Gasteiger charge is -2.28. The Labute approximate surface area is 91.5 Å². The van der Waals surface area contributed by atoms with E-state index in [0.717, 1.165) is 45.1 Å². The fourth-order valence-electron chi connectivity index (χ4n) is 2.31. The maximum atomic E-state index is 9.38. The molecule has 1 atom stereocenters. The van der Waals surface area contributed by atoms with Crippen molar-refractivity contribution in [2.45, 2.75) is 56.8 Å². The number of hydrogen-bond acceptors (Lipinski definition) is 3. The van der Waals surface area contributed by atoms with E-state index < -0.39 is 0 Å². The van der Waals surface area contributed by atoms with E-state index in [1.54, 1.807) is 0 Å². The number of rotatable bonds is 3. The summed E-state index contributed by atoms with van der Waals surface area (Å²) in [4.78, 5) is 0. The van der Waals surface area contributed by atoms with Gasteiger partial charge in [-0.25, -0.2) is 0 Å². The second kappa shape index (κ2) is 5.52. The highest BCUT2D eigenvalue weighted by atomic mass is 16.5. The fourth-order valence-corrected chi connectivity index (χ4v) is 2.31. The summed E-state index contributed by atoms with van der Waals surface area (Å²) in [6.07, 6.45) is 10.5. The van der Waals surface area contributed by atoms with Crippen LogP contribution >= 0.6 is 0 Å². The summed E-state index contributed by atoms with van der Waals surface area (Å²) in [5.74, 6) is 0. The lowest BCUT2D eigenvalue weighted by molar-refractivity contribution is 0.0980. The summed E-state index contributed by atoms with van der Waals surface area (Å²) in [6.45, 7) is 0.950. The van der Waals surface area contributed by atoms with Crippen LogP contribution in [0.5, 0.6) is 0 Å². The van der Waals surface area contributed by atoms with Crippen LogP contribution in [0.1, 0.15) is 38.5 Å². The first-order valence-corrected chi connectivity index (χ1v) is 6.06. The molecule has 1 heterocycles. The maximum absolute atomic E-state index is 9.38. The molecule has 1 aliphatic heterocycles. The summed E-state index contributed by atoms with van der Waals surface area (Å²) in [5.41, 5.74) is 0. The van der Waals surface area contributed by atoms with Gasteiger partial charge in [-0.15, -0.1) is 0 Å². The Morgan fingerprint density at radius 2 is 2.00 bits per heavy atom. The van der Waals surface area contributed by atoms with E-state index in [9.17, 15) is 5.11 Å². The van der Waals surface area contributed by atoms with Crippen LogP contribution in [0.15, 0.2) is 12.3 Å². The van der Waals surface area contributed by atoms with Gasteiger partial charge in [0, 0.05) is 12.6 Å². The first kappa shape index (κ1) is 11.0. The summed E-state index contributed by atoms with van der Waals surface area (Å²) >= 11 is 0. The molecule has 0 bridgehead atoms. The predicted octanol–water partition coefficient (Wildman–Crippen LogP) is 1.57. The molecule has 3 heteroatoms. The van der Waals surface area contributed by atoms with Crippen LogP contribution in [-0.4, -0.2) is 29.9 Å². The molecule has 1 fully saturated rings. The van der Waals surface area contributed by atoms with Crippen molar-refractivity contribution in [1.82, 2.24) is 5.32 Å². The van der Waals surface area contributed by atoms with Crippen molar-refractivity contribution in [3.8, 4) is 0 Å². The van der Waals surface area contributed by atoms with Gasteiger partial charge in [0.1, 0.15) is 6.10 Å². The van der Waals surface area contributed by atoms with Gasteiger partial charge in [-0.05, 0) is 44.6 Å². The minimum atomic E-state index is -0.0584. The van der Waals surface area contributed by atoms with Crippen LogP contribution in [-0.2, 0) is 4.74 Å². The highest BCUT2D eigenvalue weighted by Crippen LogP contribution is 2.18. The van der Waals surface area contributed by atoms with Crippen LogP contribution in [0.4, 0.5) is 0 Å². The summed E-state index contributed by atoms with van der Waals surface area (Å²) in [6, 6.07) is 0.586. The summed E-state index contributed by atoms with van der Waals surface area (Å²) in [5, 5.41) is 12.9. The third kappa shape index (κ3) is 3.50. The molecule has 0 saturated heterocycles. The van der Waals surface area contributed by atoms with Crippen molar-refractivity contribution >= 4 is 0 Å². The van der Waals surface area contributed by atoms with Gasteiger partial charge in [0.2, 0.25) is 0 Å². The van der Waals surface area contributed by atoms with E-state index in [0.29, 0.717) is 12.1 Å². The van der Waals surface area contributed by atoms with Gasteiger partial charge in [-0.1, -0.05) is 0 Å². The zero-order valence-corrected chi connectivity index (χ0v) is 9.19. The second-order valence-corrected chi connectivity index (χ2v) is 4.62. The van der Waals surface area contributed by atoms with Gasteiger partial charge in [-0.3, -0.25) is 0 Å². The lowest BCUT2D eigenvalue weighted by Crippen LogP contribution is -2.39. The number of ether oxygens (including phenoxy) is 1. The molecule has 0 spiro atoms. The van der Waals surface area contributed by atoms with Crippen molar-refractivity contribution < 1.29 is 9.84 Å². The van der Waals surface area contributed by atoms with Gasteiger partial charge < -0.3 is 15.2 Å². The van der Waals surface area contributed by atoms with Gasteiger partial charge in [0.25, 0.3) is 0 Å². The molecule has 0 aromatic carbocycles. The fraction of sp³-hybridized carbons (Fsp3) is 0.833. The average molecular weight is 211 g/mol. The lowest BCUT2D eigenvalue weighted by atomic mass is 9.93. The van der Waals surface area contributed by atoms with Crippen molar-refractivity contribution in [2.75, 3.05) is 6.54 Å². The Kier molecular flexibility index (Phi) is 4.03. The third-order valence-corrected chi connectivity index (χ3v) is 3.35. The largest absolute Gasteiger partial charge is 0.497 e. The van der Waals surface area contributed by atoms with Crippen molar-refractivity contribution in [2.24, 2.45) is 0 Å². The molecule has 0 amide bonds. The van der Waals surface area contributed by atoms with Gasteiger partial charge >= 0.3 is 0 Å². The Bertz CT molecular complexity index is 210. The molecule has 0 radical (unpaired) electrons. The van der Waals surface area contributed by atoms with Gasteiger partial charge in [-0.2, -0.15) is 0 Å². The van der Waals surface area contributed by atoms with E-state index >= 15 is 0 Å².